The van der Waals surface area contributed by atoms with Crippen molar-refractivity contribution < 1.29 is 23.1 Å². The first kappa shape index (κ1) is 19.6. The third-order valence-corrected chi connectivity index (χ3v) is 4.64. The number of aliphatic hydroxyl groups excluding tert-OH is 1. The van der Waals surface area contributed by atoms with Crippen molar-refractivity contribution in [1.29, 1.82) is 0 Å². The summed E-state index contributed by atoms with van der Waals surface area (Å²) in [5.74, 6) is -0.0516. The highest BCUT2D eigenvalue weighted by Gasteiger charge is 2.34. The normalized spacial score (nSPS) is 18.3. The Morgan fingerprint density at radius 1 is 1.40 bits per heavy atom. The number of hydrogen-bond acceptors (Lipinski definition) is 3. The van der Waals surface area contributed by atoms with E-state index in [4.69, 9.17) is 17.3 Å². The van der Waals surface area contributed by atoms with E-state index < -0.39 is 16.8 Å². The van der Waals surface area contributed by atoms with Gasteiger partial charge in [0.25, 0.3) is 5.91 Å². The Hall–Kier alpha value is -1.73. The molecule has 2 rings (SSSR count). The Morgan fingerprint density at radius 2 is 2.00 bits per heavy atom. The summed E-state index contributed by atoms with van der Waals surface area (Å²) in [5.41, 5.74) is 5.17. The number of amides is 1. The number of carbonyl (C=O) groups is 1. The Bertz CT molecular complexity index is 664. The average Bonchev–Trinajstić information content (AvgIpc) is 2.52. The lowest BCUT2D eigenvalue weighted by Gasteiger charge is -2.34. The van der Waals surface area contributed by atoms with Crippen LogP contribution >= 0.6 is 11.6 Å². The minimum atomic E-state index is -4.55. The molecule has 1 heterocycles. The number of carbonyl (C=O) groups excluding carboxylic acids is 1. The number of likely N-dealkylation sites (tertiary alicyclic amines) is 1. The van der Waals surface area contributed by atoms with Crippen LogP contribution in [0.4, 0.5) is 13.2 Å². The van der Waals surface area contributed by atoms with E-state index in [-0.39, 0.29) is 29.2 Å². The van der Waals surface area contributed by atoms with E-state index in [1.54, 1.807) is 17.9 Å². The fraction of sp³-hybridized carbons (Fsp3) is 0.471. The molecule has 1 atom stereocenters. The third-order valence-electron chi connectivity index (χ3n) is 4.33. The molecule has 1 aromatic rings. The number of hydrogen-bond donors (Lipinski definition) is 2. The van der Waals surface area contributed by atoms with Crippen molar-refractivity contribution in [2.45, 2.75) is 32.0 Å². The molecule has 0 radical (unpaired) electrons. The van der Waals surface area contributed by atoms with Crippen LogP contribution in [0.5, 0.6) is 0 Å². The van der Waals surface area contributed by atoms with E-state index in [2.05, 4.69) is 0 Å². The highest BCUT2D eigenvalue weighted by atomic mass is 35.5. The zero-order valence-electron chi connectivity index (χ0n) is 13.7. The molecule has 25 heavy (non-hydrogen) atoms. The number of benzene rings is 1. The quantitative estimate of drug-likeness (QED) is 0.783. The van der Waals surface area contributed by atoms with Gasteiger partial charge in [-0.1, -0.05) is 11.6 Å². The topological polar surface area (TPSA) is 66.6 Å². The largest absolute Gasteiger partial charge is 0.513 e. The molecule has 1 fully saturated rings. The van der Waals surface area contributed by atoms with Gasteiger partial charge in [-0.15, -0.1) is 0 Å². The van der Waals surface area contributed by atoms with Gasteiger partial charge in [0.15, 0.2) is 0 Å². The van der Waals surface area contributed by atoms with Gasteiger partial charge in [-0.2, -0.15) is 13.2 Å². The van der Waals surface area contributed by atoms with Crippen LogP contribution in [-0.2, 0) is 6.18 Å². The van der Waals surface area contributed by atoms with E-state index >= 15 is 0 Å². The summed E-state index contributed by atoms with van der Waals surface area (Å²) >= 11 is 5.67. The molecule has 1 saturated heterocycles. The van der Waals surface area contributed by atoms with Gasteiger partial charge in [0.05, 0.1) is 16.3 Å². The lowest BCUT2D eigenvalue weighted by atomic mass is 9.89. The van der Waals surface area contributed by atoms with Crippen LogP contribution in [0.2, 0.25) is 5.02 Å². The average molecular weight is 377 g/mol. The Morgan fingerprint density at radius 3 is 2.48 bits per heavy atom. The summed E-state index contributed by atoms with van der Waals surface area (Å²) in [6.07, 6.45) is -1.65. The van der Waals surface area contributed by atoms with Gasteiger partial charge in [-0.25, -0.2) is 0 Å². The molecule has 1 amide bonds. The lowest BCUT2D eigenvalue weighted by molar-refractivity contribution is -0.137. The highest BCUT2D eigenvalue weighted by molar-refractivity contribution is 6.31. The van der Waals surface area contributed by atoms with E-state index in [1.807, 2.05) is 0 Å². The second kappa shape index (κ2) is 7.66. The van der Waals surface area contributed by atoms with Crippen LogP contribution in [0.25, 0.3) is 0 Å². The number of nitrogens with two attached hydrogens (primary N) is 1. The second-order valence-corrected chi connectivity index (χ2v) is 6.61. The van der Waals surface area contributed by atoms with Crippen molar-refractivity contribution in [1.82, 2.24) is 4.90 Å². The van der Waals surface area contributed by atoms with E-state index in [0.29, 0.717) is 25.9 Å². The molecule has 8 heteroatoms. The standard InChI is InChI=1S/C17H20ClF3N2O2/c1-10(24)8-15(22)11-4-6-23(7-5-11)16(25)12-2-3-13(14(18)9-12)17(19,20)21/h2-3,8-9,11,15,24H,4-7,22H2,1H3/b10-8-. The highest BCUT2D eigenvalue weighted by Crippen LogP contribution is 2.35. The molecule has 0 aliphatic carbocycles. The Kier molecular flexibility index (Phi) is 6.00. The van der Waals surface area contributed by atoms with Gasteiger partial charge in [-0.05, 0) is 50.0 Å². The summed E-state index contributed by atoms with van der Waals surface area (Å²) in [6, 6.07) is 2.74. The molecule has 0 bridgehead atoms. The second-order valence-electron chi connectivity index (χ2n) is 6.21. The lowest BCUT2D eigenvalue weighted by Crippen LogP contribution is -2.43. The molecule has 138 valence electrons. The number of nitrogens with zero attached hydrogens (tertiary/aromatic N) is 1. The summed E-state index contributed by atoms with van der Waals surface area (Å²) in [7, 11) is 0. The molecule has 0 saturated carbocycles. The predicted molar refractivity (Wildman–Crippen MR) is 89.4 cm³/mol. The fourth-order valence-electron chi connectivity index (χ4n) is 2.96. The van der Waals surface area contributed by atoms with E-state index in [0.717, 1.165) is 18.2 Å². The van der Waals surface area contributed by atoms with Gasteiger partial charge < -0.3 is 15.7 Å². The SMILES string of the molecule is C/C(O)=C/C(N)C1CCN(C(=O)c2ccc(C(F)(F)F)c(Cl)c2)CC1. The van der Waals surface area contributed by atoms with Gasteiger partial charge in [0, 0.05) is 24.7 Å². The molecule has 3 N–H and O–H groups in total. The first-order valence-electron chi connectivity index (χ1n) is 7.88. The van der Waals surface area contributed by atoms with Crippen LogP contribution in [-0.4, -0.2) is 35.0 Å². The predicted octanol–water partition coefficient (Wildman–Crippen LogP) is 4.00. The summed E-state index contributed by atoms with van der Waals surface area (Å²) in [5, 5.41) is 8.78. The van der Waals surface area contributed by atoms with Crippen LogP contribution in [0.3, 0.4) is 0 Å². The monoisotopic (exact) mass is 376 g/mol. The number of piperidine rings is 1. The third kappa shape index (κ3) is 4.89. The molecular formula is C17H20ClF3N2O2. The molecule has 1 aliphatic heterocycles. The number of aliphatic hydroxyl groups is 1. The van der Waals surface area contributed by atoms with Crippen LogP contribution < -0.4 is 5.73 Å². The van der Waals surface area contributed by atoms with Crippen LogP contribution in [0.15, 0.2) is 30.0 Å². The van der Waals surface area contributed by atoms with Crippen molar-refractivity contribution in [3.05, 3.63) is 46.2 Å². The molecule has 0 spiro atoms. The number of rotatable bonds is 3. The molecule has 1 aromatic carbocycles. The Labute approximate surface area is 149 Å². The summed E-state index contributed by atoms with van der Waals surface area (Å²) in [6.45, 7) is 2.45. The smallest absolute Gasteiger partial charge is 0.417 e. The van der Waals surface area contributed by atoms with Crippen molar-refractivity contribution in [3.8, 4) is 0 Å². The van der Waals surface area contributed by atoms with Crippen molar-refractivity contribution in [2.24, 2.45) is 11.7 Å². The first-order chi connectivity index (χ1) is 11.6. The van der Waals surface area contributed by atoms with Crippen molar-refractivity contribution in [2.75, 3.05) is 13.1 Å². The van der Waals surface area contributed by atoms with Gasteiger partial charge in [-0.3, -0.25) is 4.79 Å². The minimum Gasteiger partial charge on any atom is -0.513 e. The summed E-state index contributed by atoms with van der Waals surface area (Å²) < 4.78 is 38.2. The maximum Gasteiger partial charge on any atom is 0.417 e. The maximum atomic E-state index is 12.7. The van der Waals surface area contributed by atoms with Crippen molar-refractivity contribution in [3.63, 3.8) is 0 Å². The zero-order chi connectivity index (χ0) is 18.8. The van der Waals surface area contributed by atoms with Gasteiger partial charge >= 0.3 is 6.18 Å². The number of alkyl halides is 3. The number of halogens is 4. The summed E-state index contributed by atoms with van der Waals surface area (Å²) in [4.78, 5) is 14.1. The van der Waals surface area contributed by atoms with Crippen molar-refractivity contribution >= 4 is 17.5 Å². The van der Waals surface area contributed by atoms with Crippen LogP contribution in [0, 0.1) is 5.92 Å². The first-order valence-corrected chi connectivity index (χ1v) is 8.26. The molecule has 1 unspecified atom stereocenters. The van der Waals surface area contributed by atoms with E-state index in [9.17, 15) is 23.1 Å². The van der Waals surface area contributed by atoms with E-state index in [1.165, 1.54) is 0 Å². The van der Waals surface area contributed by atoms with Gasteiger partial charge in [0.1, 0.15) is 0 Å². The van der Waals surface area contributed by atoms with Crippen LogP contribution in [0.1, 0.15) is 35.7 Å². The molecule has 0 aromatic heterocycles. The number of allylic oxidation sites excluding steroid dienone is 1. The minimum absolute atomic E-state index is 0.131. The zero-order valence-corrected chi connectivity index (χ0v) is 14.4. The molecule has 1 aliphatic rings. The molecule has 4 nitrogen and oxygen atoms in total. The Balaban J connectivity index is 2.03. The maximum absolute atomic E-state index is 12.7. The fourth-order valence-corrected chi connectivity index (χ4v) is 3.25. The molecular weight excluding hydrogens is 357 g/mol. The van der Waals surface area contributed by atoms with Gasteiger partial charge in [0.2, 0.25) is 0 Å².